The van der Waals surface area contributed by atoms with Crippen LogP contribution in [0.25, 0.3) is 110 Å². The highest BCUT2D eigenvalue weighted by molar-refractivity contribution is 6.29. The zero-order valence-corrected chi connectivity index (χ0v) is 31.4. The van der Waals surface area contributed by atoms with Crippen LogP contribution in [0, 0.1) is 0 Å². The van der Waals surface area contributed by atoms with Gasteiger partial charge in [-0.2, -0.15) is 0 Å². The summed E-state index contributed by atoms with van der Waals surface area (Å²) in [6, 6.07) is 75.3. The highest BCUT2D eigenvalue weighted by Gasteiger charge is 2.22. The number of nitrogens with zero attached hydrogens (tertiary/aromatic N) is 4. The molecule has 0 fully saturated rings. The Kier molecular flexibility index (Phi) is 6.41. The van der Waals surface area contributed by atoms with Gasteiger partial charge in [0, 0.05) is 65.8 Å². The predicted molar refractivity (Wildman–Crippen MR) is 244 cm³/mol. The maximum absolute atomic E-state index is 2.44. The van der Waals surface area contributed by atoms with Crippen molar-refractivity contribution in [2.45, 2.75) is 0 Å². The molecule has 270 valence electrons. The van der Waals surface area contributed by atoms with Crippen LogP contribution < -0.4 is 0 Å². The van der Waals surface area contributed by atoms with E-state index < -0.39 is 0 Å². The van der Waals surface area contributed by atoms with Crippen molar-refractivity contribution in [1.82, 2.24) is 18.3 Å². The highest BCUT2D eigenvalue weighted by atomic mass is 15.0. The van der Waals surface area contributed by atoms with Gasteiger partial charge in [-0.25, -0.2) is 0 Å². The second-order valence-electron chi connectivity index (χ2n) is 15.3. The molecule has 0 atom stereocenters. The maximum atomic E-state index is 2.44. The van der Waals surface area contributed by atoms with E-state index in [1.807, 2.05) is 0 Å². The van der Waals surface area contributed by atoms with Crippen LogP contribution in [0.1, 0.15) is 0 Å². The fourth-order valence-electron chi connectivity index (χ4n) is 9.97. The number of fused-ring (bicyclic) bond motifs is 13. The summed E-state index contributed by atoms with van der Waals surface area (Å²) in [7, 11) is 0. The second-order valence-corrected chi connectivity index (χ2v) is 15.3. The van der Waals surface area contributed by atoms with Crippen molar-refractivity contribution in [3.05, 3.63) is 206 Å². The Hall–Kier alpha value is -7.82. The summed E-state index contributed by atoms with van der Waals surface area (Å²) in [5, 5.41) is 10.1. The summed E-state index contributed by atoms with van der Waals surface area (Å²) in [5.41, 5.74) is 14.2. The molecule has 0 saturated carbocycles. The molecule has 0 amide bonds. The minimum Gasteiger partial charge on any atom is -0.309 e. The van der Waals surface area contributed by atoms with Gasteiger partial charge < -0.3 is 18.3 Å². The summed E-state index contributed by atoms with van der Waals surface area (Å²) in [6.45, 7) is 0. The molecule has 4 nitrogen and oxygen atoms in total. The van der Waals surface area contributed by atoms with Gasteiger partial charge in [0.05, 0.1) is 44.1 Å². The van der Waals surface area contributed by atoms with Gasteiger partial charge in [-0.15, -0.1) is 0 Å². The number of aromatic nitrogens is 4. The van der Waals surface area contributed by atoms with Crippen molar-refractivity contribution in [2.75, 3.05) is 0 Å². The van der Waals surface area contributed by atoms with Crippen LogP contribution in [0.2, 0.25) is 0 Å². The zero-order valence-electron chi connectivity index (χ0n) is 31.4. The van der Waals surface area contributed by atoms with E-state index in [0.717, 1.165) is 17.1 Å². The van der Waals surface area contributed by atoms with Crippen LogP contribution in [0.3, 0.4) is 0 Å². The third-order valence-electron chi connectivity index (χ3n) is 12.3. The molecule has 13 aromatic rings. The normalized spacial score (nSPS) is 12.1. The Balaban J connectivity index is 1.04. The van der Waals surface area contributed by atoms with E-state index in [1.165, 1.54) is 92.9 Å². The smallest absolute Gasteiger partial charge is 0.0562 e. The molecule has 0 aliphatic heterocycles. The van der Waals surface area contributed by atoms with E-state index in [0.29, 0.717) is 0 Å². The lowest BCUT2D eigenvalue weighted by molar-refractivity contribution is 1.14. The van der Waals surface area contributed by atoms with E-state index in [9.17, 15) is 0 Å². The number of benzene rings is 9. The van der Waals surface area contributed by atoms with Crippen molar-refractivity contribution >= 4 is 87.2 Å². The molecule has 13 rings (SSSR count). The van der Waals surface area contributed by atoms with Crippen molar-refractivity contribution in [3.8, 4) is 22.7 Å². The van der Waals surface area contributed by atoms with Crippen LogP contribution in [-0.2, 0) is 0 Å². The van der Waals surface area contributed by atoms with Crippen molar-refractivity contribution in [2.24, 2.45) is 0 Å². The molecule has 4 aromatic heterocycles. The van der Waals surface area contributed by atoms with Crippen molar-refractivity contribution in [3.63, 3.8) is 0 Å². The van der Waals surface area contributed by atoms with Crippen LogP contribution >= 0.6 is 0 Å². The van der Waals surface area contributed by atoms with Crippen molar-refractivity contribution < 1.29 is 0 Å². The van der Waals surface area contributed by atoms with Gasteiger partial charge in [-0.1, -0.05) is 109 Å². The summed E-state index contributed by atoms with van der Waals surface area (Å²) in [6.07, 6.45) is 0. The average molecular weight is 739 g/mol. The van der Waals surface area contributed by atoms with E-state index in [1.54, 1.807) is 0 Å². The van der Waals surface area contributed by atoms with E-state index in [4.69, 9.17) is 0 Å². The summed E-state index contributed by atoms with van der Waals surface area (Å²) >= 11 is 0. The molecule has 9 aromatic carbocycles. The quantitative estimate of drug-likeness (QED) is 0.171. The standard InChI is InChI=1S/C54H34N4/c1-3-15-35(16-4-1)55-47-25-13-9-21-41(47)53-49(55)31-32-50-54(53)42-22-10-14-26-48(42)56(50)37-27-29-38(30-28-37)58-46-24-12-8-20-40(46)44-33-43-39-19-7-11-23-45(39)57(51(43)34-52(44)58)36-17-5-2-6-18-36/h1-34H. The van der Waals surface area contributed by atoms with E-state index in [-0.39, 0.29) is 0 Å². The molecule has 0 unspecified atom stereocenters. The third kappa shape index (κ3) is 4.23. The highest BCUT2D eigenvalue weighted by Crippen LogP contribution is 2.43. The molecule has 4 heteroatoms. The molecule has 0 aliphatic rings. The topological polar surface area (TPSA) is 19.7 Å². The monoisotopic (exact) mass is 738 g/mol. The number of rotatable bonds is 4. The van der Waals surface area contributed by atoms with Gasteiger partial charge in [0.1, 0.15) is 0 Å². The third-order valence-corrected chi connectivity index (χ3v) is 12.3. The number of hydrogen-bond acceptors (Lipinski definition) is 0. The Bertz CT molecular complexity index is 3770. The number of hydrogen-bond donors (Lipinski definition) is 0. The summed E-state index contributed by atoms with van der Waals surface area (Å²) in [4.78, 5) is 0. The zero-order chi connectivity index (χ0) is 37.9. The fourth-order valence-corrected chi connectivity index (χ4v) is 9.97. The Labute approximate surface area is 333 Å². The molecule has 0 spiro atoms. The molecule has 58 heavy (non-hydrogen) atoms. The maximum Gasteiger partial charge on any atom is 0.0562 e. The van der Waals surface area contributed by atoms with Crippen molar-refractivity contribution in [1.29, 1.82) is 0 Å². The van der Waals surface area contributed by atoms with Gasteiger partial charge >= 0.3 is 0 Å². The van der Waals surface area contributed by atoms with E-state index in [2.05, 4.69) is 225 Å². The van der Waals surface area contributed by atoms with Crippen LogP contribution in [0.4, 0.5) is 0 Å². The van der Waals surface area contributed by atoms with Gasteiger partial charge in [-0.3, -0.25) is 0 Å². The Morgan fingerprint density at radius 3 is 0.914 bits per heavy atom. The fraction of sp³-hybridized carbons (Fsp3) is 0. The average Bonchev–Trinajstić information content (AvgIpc) is 4.01. The van der Waals surface area contributed by atoms with Crippen LogP contribution in [-0.4, -0.2) is 18.3 Å². The molecular weight excluding hydrogens is 705 g/mol. The first-order valence-electron chi connectivity index (χ1n) is 20.0. The largest absolute Gasteiger partial charge is 0.309 e. The van der Waals surface area contributed by atoms with Gasteiger partial charge in [0.25, 0.3) is 0 Å². The SMILES string of the molecule is c1ccc(-n2c3ccccc3c3cc4c5ccccc5n(-c5ccc(-n6c7ccccc7c7c8c9ccccc9n(-c9ccccc9)c8ccc76)cc5)c4cc32)cc1. The lowest BCUT2D eigenvalue weighted by atomic mass is 10.1. The van der Waals surface area contributed by atoms with Crippen LogP contribution in [0.5, 0.6) is 0 Å². The lowest BCUT2D eigenvalue weighted by Gasteiger charge is -2.12. The van der Waals surface area contributed by atoms with Gasteiger partial charge in [0.15, 0.2) is 0 Å². The molecule has 0 radical (unpaired) electrons. The molecule has 0 bridgehead atoms. The predicted octanol–water partition coefficient (Wildman–Crippen LogP) is 14.1. The first-order chi connectivity index (χ1) is 28.8. The summed E-state index contributed by atoms with van der Waals surface area (Å²) < 4.78 is 9.69. The van der Waals surface area contributed by atoms with E-state index >= 15 is 0 Å². The number of para-hydroxylation sites is 6. The molecule has 4 heterocycles. The minimum absolute atomic E-state index is 1.13. The first-order valence-corrected chi connectivity index (χ1v) is 20.0. The molecule has 0 saturated heterocycles. The van der Waals surface area contributed by atoms with Crippen LogP contribution in [0.15, 0.2) is 206 Å². The molecule has 0 aliphatic carbocycles. The Morgan fingerprint density at radius 2 is 0.500 bits per heavy atom. The summed E-state index contributed by atoms with van der Waals surface area (Å²) in [5.74, 6) is 0. The van der Waals surface area contributed by atoms with Gasteiger partial charge in [0.2, 0.25) is 0 Å². The lowest BCUT2D eigenvalue weighted by Crippen LogP contribution is -1.98. The Morgan fingerprint density at radius 1 is 0.190 bits per heavy atom. The molecular formula is C54H34N4. The minimum atomic E-state index is 1.13. The first kappa shape index (κ1) is 31.4. The van der Waals surface area contributed by atoms with Gasteiger partial charge in [-0.05, 0) is 97.1 Å². The second kappa shape index (κ2) is 11.8. The molecule has 0 N–H and O–H groups in total.